The number of alkyl halides is 1. The molecular formula is C16H24BrNO. The summed E-state index contributed by atoms with van der Waals surface area (Å²) < 4.78 is 0. The highest BCUT2D eigenvalue weighted by Crippen LogP contribution is 2.16. The lowest BCUT2D eigenvalue weighted by Crippen LogP contribution is -2.45. The van der Waals surface area contributed by atoms with Crippen LogP contribution >= 0.6 is 15.9 Å². The van der Waals surface area contributed by atoms with Gasteiger partial charge in [-0.15, -0.1) is 0 Å². The quantitative estimate of drug-likeness (QED) is 0.717. The monoisotopic (exact) mass is 325 g/mol. The molecular weight excluding hydrogens is 302 g/mol. The second-order valence-electron chi connectivity index (χ2n) is 5.24. The van der Waals surface area contributed by atoms with Gasteiger partial charge in [-0.2, -0.15) is 0 Å². The van der Waals surface area contributed by atoms with E-state index in [0.29, 0.717) is 6.42 Å². The van der Waals surface area contributed by atoms with E-state index in [4.69, 9.17) is 0 Å². The van der Waals surface area contributed by atoms with Crippen LogP contribution < -0.4 is 5.32 Å². The Morgan fingerprint density at radius 3 is 2.58 bits per heavy atom. The minimum absolute atomic E-state index is 0.0761. The predicted molar refractivity (Wildman–Crippen MR) is 84.6 cm³/mol. The van der Waals surface area contributed by atoms with Crippen molar-refractivity contribution in [3.05, 3.63) is 35.9 Å². The second kappa shape index (κ2) is 8.36. The van der Waals surface area contributed by atoms with Crippen molar-refractivity contribution in [3.63, 3.8) is 0 Å². The molecule has 0 aliphatic rings. The first-order chi connectivity index (χ1) is 9.09. The molecule has 0 aliphatic heterocycles. The predicted octanol–water partition coefficient (Wildman–Crippen LogP) is 4.08. The standard InChI is InChI=1S/C16H24BrNO/c1-3-16(2,12-13-17)18-15(19)11-7-10-14-8-5-4-6-9-14/h4-6,8-9H,3,7,10-13H2,1-2H3,(H,18,19). The van der Waals surface area contributed by atoms with Gasteiger partial charge in [0, 0.05) is 17.3 Å². The Hall–Kier alpha value is -0.830. The van der Waals surface area contributed by atoms with Gasteiger partial charge in [0.1, 0.15) is 0 Å². The Bertz CT molecular complexity index is 380. The van der Waals surface area contributed by atoms with Crippen LogP contribution in [0.3, 0.4) is 0 Å². The Morgan fingerprint density at radius 1 is 1.32 bits per heavy atom. The second-order valence-corrected chi connectivity index (χ2v) is 6.03. The summed E-state index contributed by atoms with van der Waals surface area (Å²) in [4.78, 5) is 12.0. The first-order valence-electron chi connectivity index (χ1n) is 7.00. The summed E-state index contributed by atoms with van der Waals surface area (Å²) in [6, 6.07) is 10.3. The van der Waals surface area contributed by atoms with E-state index in [1.165, 1.54) is 5.56 Å². The molecule has 0 saturated heterocycles. The summed E-state index contributed by atoms with van der Waals surface area (Å²) in [5, 5.41) is 4.08. The van der Waals surface area contributed by atoms with Crippen molar-refractivity contribution in [1.82, 2.24) is 5.32 Å². The maximum absolute atomic E-state index is 12.0. The fraction of sp³-hybridized carbons (Fsp3) is 0.562. The average Bonchev–Trinajstić information content (AvgIpc) is 2.40. The van der Waals surface area contributed by atoms with Crippen LogP contribution in [0.4, 0.5) is 0 Å². The van der Waals surface area contributed by atoms with Crippen LogP contribution in [0.25, 0.3) is 0 Å². The van der Waals surface area contributed by atoms with E-state index in [2.05, 4.69) is 47.2 Å². The van der Waals surface area contributed by atoms with Crippen LogP contribution in [0.1, 0.15) is 45.1 Å². The van der Waals surface area contributed by atoms with Gasteiger partial charge in [-0.1, -0.05) is 53.2 Å². The zero-order valence-corrected chi connectivity index (χ0v) is 13.5. The molecule has 0 saturated carbocycles. The fourth-order valence-electron chi connectivity index (χ4n) is 2.03. The molecule has 0 aliphatic carbocycles. The van der Waals surface area contributed by atoms with Gasteiger partial charge in [0.25, 0.3) is 0 Å². The molecule has 3 heteroatoms. The number of hydrogen-bond donors (Lipinski definition) is 1. The molecule has 1 atom stereocenters. The van der Waals surface area contributed by atoms with E-state index in [1.54, 1.807) is 0 Å². The number of aryl methyl sites for hydroxylation is 1. The number of nitrogens with one attached hydrogen (secondary N) is 1. The van der Waals surface area contributed by atoms with Crippen molar-refractivity contribution in [3.8, 4) is 0 Å². The lowest BCUT2D eigenvalue weighted by Gasteiger charge is -2.29. The molecule has 0 aromatic heterocycles. The Balaban J connectivity index is 2.31. The topological polar surface area (TPSA) is 29.1 Å². The van der Waals surface area contributed by atoms with Crippen LogP contribution in [0.15, 0.2) is 30.3 Å². The summed E-state index contributed by atoms with van der Waals surface area (Å²) >= 11 is 3.45. The maximum atomic E-state index is 12.0. The van der Waals surface area contributed by atoms with Gasteiger partial charge in [-0.05, 0) is 38.2 Å². The molecule has 1 rings (SSSR count). The molecule has 1 aromatic carbocycles. The third-order valence-corrected chi connectivity index (χ3v) is 3.98. The molecule has 1 amide bonds. The molecule has 1 unspecified atom stereocenters. The molecule has 0 radical (unpaired) electrons. The summed E-state index contributed by atoms with van der Waals surface area (Å²) in [5.41, 5.74) is 1.22. The normalized spacial score (nSPS) is 13.8. The van der Waals surface area contributed by atoms with Gasteiger partial charge in [0.15, 0.2) is 0 Å². The summed E-state index contributed by atoms with van der Waals surface area (Å²) in [6.45, 7) is 4.23. The molecule has 0 heterocycles. The minimum Gasteiger partial charge on any atom is -0.351 e. The maximum Gasteiger partial charge on any atom is 0.220 e. The third kappa shape index (κ3) is 6.24. The smallest absolute Gasteiger partial charge is 0.220 e. The van der Waals surface area contributed by atoms with Gasteiger partial charge in [-0.3, -0.25) is 4.79 Å². The largest absolute Gasteiger partial charge is 0.351 e. The summed E-state index contributed by atoms with van der Waals surface area (Å²) in [6.07, 6.45) is 4.41. The first-order valence-corrected chi connectivity index (χ1v) is 8.12. The number of benzene rings is 1. The SMILES string of the molecule is CCC(C)(CCBr)NC(=O)CCCc1ccccc1. The van der Waals surface area contributed by atoms with Crippen molar-refractivity contribution < 1.29 is 4.79 Å². The molecule has 1 aromatic rings. The van der Waals surface area contributed by atoms with Gasteiger partial charge in [-0.25, -0.2) is 0 Å². The van der Waals surface area contributed by atoms with Crippen LogP contribution in [0, 0.1) is 0 Å². The van der Waals surface area contributed by atoms with E-state index in [-0.39, 0.29) is 11.4 Å². The van der Waals surface area contributed by atoms with Crippen molar-refractivity contribution in [1.29, 1.82) is 0 Å². The number of halogens is 1. The lowest BCUT2D eigenvalue weighted by molar-refractivity contribution is -0.123. The zero-order valence-electron chi connectivity index (χ0n) is 11.9. The number of amides is 1. The van der Waals surface area contributed by atoms with Crippen LogP contribution in [0.2, 0.25) is 0 Å². The van der Waals surface area contributed by atoms with Gasteiger partial charge < -0.3 is 5.32 Å². The zero-order chi connectivity index (χ0) is 14.1. The van der Waals surface area contributed by atoms with Crippen molar-refractivity contribution in [2.75, 3.05) is 5.33 Å². The summed E-state index contributed by atoms with van der Waals surface area (Å²) in [7, 11) is 0. The van der Waals surface area contributed by atoms with E-state index in [0.717, 1.165) is 31.0 Å². The Morgan fingerprint density at radius 2 is 2.00 bits per heavy atom. The Kier molecular flexibility index (Phi) is 7.14. The molecule has 2 nitrogen and oxygen atoms in total. The fourth-order valence-corrected chi connectivity index (χ4v) is 2.91. The third-order valence-electron chi connectivity index (χ3n) is 3.58. The van der Waals surface area contributed by atoms with Crippen LogP contribution in [-0.4, -0.2) is 16.8 Å². The molecule has 106 valence electrons. The molecule has 0 spiro atoms. The highest BCUT2D eigenvalue weighted by molar-refractivity contribution is 9.09. The van der Waals surface area contributed by atoms with E-state index in [9.17, 15) is 4.79 Å². The molecule has 1 N–H and O–H groups in total. The van der Waals surface area contributed by atoms with Crippen LogP contribution in [-0.2, 0) is 11.2 Å². The van der Waals surface area contributed by atoms with Gasteiger partial charge >= 0.3 is 0 Å². The van der Waals surface area contributed by atoms with Gasteiger partial charge in [0.2, 0.25) is 5.91 Å². The lowest BCUT2D eigenvalue weighted by atomic mass is 9.95. The van der Waals surface area contributed by atoms with E-state index in [1.807, 2.05) is 18.2 Å². The molecule has 0 bridgehead atoms. The van der Waals surface area contributed by atoms with Crippen molar-refractivity contribution in [2.24, 2.45) is 0 Å². The molecule has 0 fully saturated rings. The minimum atomic E-state index is -0.0761. The van der Waals surface area contributed by atoms with Crippen LogP contribution in [0.5, 0.6) is 0 Å². The first kappa shape index (κ1) is 16.2. The highest BCUT2D eigenvalue weighted by atomic mass is 79.9. The molecule has 19 heavy (non-hydrogen) atoms. The highest BCUT2D eigenvalue weighted by Gasteiger charge is 2.22. The van der Waals surface area contributed by atoms with Crippen molar-refractivity contribution >= 4 is 21.8 Å². The number of hydrogen-bond acceptors (Lipinski definition) is 1. The van der Waals surface area contributed by atoms with Gasteiger partial charge in [0.05, 0.1) is 0 Å². The number of carbonyl (C=O) groups excluding carboxylic acids is 1. The number of rotatable bonds is 8. The van der Waals surface area contributed by atoms with E-state index < -0.39 is 0 Å². The number of carbonyl (C=O) groups is 1. The average molecular weight is 326 g/mol. The summed E-state index contributed by atoms with van der Waals surface area (Å²) in [5.74, 6) is 0.168. The van der Waals surface area contributed by atoms with Crippen molar-refractivity contribution in [2.45, 2.75) is 51.5 Å². The van der Waals surface area contributed by atoms with E-state index >= 15 is 0 Å². The Labute approximate surface area is 125 Å².